The zero-order valence-electron chi connectivity index (χ0n) is 22.5. The van der Waals surface area contributed by atoms with Crippen LogP contribution >= 0.6 is 23.2 Å². The van der Waals surface area contributed by atoms with Crippen LogP contribution in [0.3, 0.4) is 0 Å². The summed E-state index contributed by atoms with van der Waals surface area (Å²) in [6.07, 6.45) is -2.24. The number of hydrogen-bond donors (Lipinski definition) is 1. The van der Waals surface area contributed by atoms with E-state index >= 15 is 0 Å². The number of hydrogen-bond acceptors (Lipinski definition) is 4. The average molecular weight is 617 g/mol. The van der Waals surface area contributed by atoms with Gasteiger partial charge in [0.15, 0.2) is 0 Å². The first-order valence-corrected chi connectivity index (χ1v) is 14.5. The average Bonchev–Trinajstić information content (AvgIpc) is 3.30. The topological polar surface area (TPSA) is 95.6 Å². The molecule has 0 bridgehead atoms. The van der Waals surface area contributed by atoms with Crippen molar-refractivity contribution in [2.24, 2.45) is 11.8 Å². The van der Waals surface area contributed by atoms with E-state index in [-0.39, 0.29) is 55.2 Å². The third-order valence-electron chi connectivity index (χ3n) is 8.38. The van der Waals surface area contributed by atoms with Crippen molar-refractivity contribution >= 4 is 35.0 Å². The number of piperidine rings is 2. The minimum atomic E-state index is -4.22. The molecule has 2 aromatic carbocycles. The van der Waals surface area contributed by atoms with Gasteiger partial charge in [0.25, 0.3) is 5.91 Å². The Morgan fingerprint density at radius 3 is 2.02 bits per heavy atom. The van der Waals surface area contributed by atoms with Crippen LogP contribution in [0.4, 0.5) is 13.2 Å². The minimum Gasteiger partial charge on any atom is -0.412 e. The highest BCUT2D eigenvalue weighted by atomic mass is 35.5. The highest BCUT2D eigenvalue weighted by Crippen LogP contribution is 2.37. The van der Waals surface area contributed by atoms with Crippen LogP contribution in [0, 0.1) is 11.8 Å². The van der Waals surface area contributed by atoms with E-state index in [1.54, 1.807) is 41.4 Å². The van der Waals surface area contributed by atoms with Gasteiger partial charge in [-0.25, -0.2) is 5.01 Å². The predicted molar refractivity (Wildman–Crippen MR) is 151 cm³/mol. The number of carbonyl (C=O) groups is 2. The van der Waals surface area contributed by atoms with Gasteiger partial charge in [-0.3, -0.25) is 14.6 Å². The maximum atomic E-state index is 13.1. The van der Waals surface area contributed by atoms with Gasteiger partial charge in [0.2, 0.25) is 5.91 Å². The summed E-state index contributed by atoms with van der Waals surface area (Å²) < 4.78 is 38.8. The largest absolute Gasteiger partial charge is 0.412 e. The molecule has 3 aliphatic heterocycles. The molecular formula is C29H34Cl2F3N3O4. The first-order chi connectivity index (χ1) is 19.0. The van der Waals surface area contributed by atoms with E-state index in [0.717, 1.165) is 16.7 Å². The molecule has 3 saturated heterocycles. The Morgan fingerprint density at radius 2 is 1.46 bits per heavy atom. The van der Waals surface area contributed by atoms with Gasteiger partial charge >= 0.3 is 6.18 Å². The first kappa shape index (κ1) is 31.6. The van der Waals surface area contributed by atoms with Crippen molar-refractivity contribution < 1.29 is 33.3 Å². The Labute approximate surface area is 247 Å². The van der Waals surface area contributed by atoms with Crippen LogP contribution in [0.15, 0.2) is 36.4 Å². The van der Waals surface area contributed by atoms with Crippen molar-refractivity contribution in [1.29, 1.82) is 0 Å². The third kappa shape index (κ3) is 7.00. The minimum absolute atomic E-state index is 0. The van der Waals surface area contributed by atoms with Crippen molar-refractivity contribution in [2.45, 2.75) is 50.8 Å². The predicted octanol–water partition coefficient (Wildman–Crippen LogP) is 5.01. The van der Waals surface area contributed by atoms with Crippen LogP contribution in [0.5, 0.6) is 0 Å². The van der Waals surface area contributed by atoms with Crippen LogP contribution < -0.4 is 0 Å². The number of likely N-dealkylation sites (tertiary alicyclic amines) is 1. The molecule has 1 atom stereocenters. The number of nitrogens with zero attached hydrogens (tertiary/aromatic N) is 3. The second-order valence-electron chi connectivity index (χ2n) is 10.9. The summed E-state index contributed by atoms with van der Waals surface area (Å²) in [5.41, 5.74) is 2.68. The first-order valence-electron chi connectivity index (χ1n) is 13.7. The molecule has 12 heteroatoms. The van der Waals surface area contributed by atoms with E-state index in [1.807, 2.05) is 5.01 Å². The van der Waals surface area contributed by atoms with Gasteiger partial charge < -0.3 is 15.5 Å². The number of hydrazine groups is 1. The molecule has 3 N–H and O–H groups in total. The number of rotatable bonds is 5. The van der Waals surface area contributed by atoms with Crippen LogP contribution in [0.1, 0.15) is 48.0 Å². The van der Waals surface area contributed by atoms with Crippen LogP contribution in [-0.4, -0.2) is 82.3 Å². The Morgan fingerprint density at radius 1 is 0.878 bits per heavy atom. The van der Waals surface area contributed by atoms with Crippen molar-refractivity contribution in [1.82, 2.24) is 14.9 Å². The van der Waals surface area contributed by atoms with Crippen molar-refractivity contribution in [3.8, 4) is 11.1 Å². The summed E-state index contributed by atoms with van der Waals surface area (Å²) in [4.78, 5) is 27.4. The Balaban J connectivity index is 0.00000387. The Hall–Kier alpha value is -2.37. The van der Waals surface area contributed by atoms with Crippen molar-refractivity contribution in [3.05, 3.63) is 57.6 Å². The molecule has 0 aliphatic carbocycles. The SMILES string of the molecule is O.O=C(c1ccc(-c2cc(Cl)c(C[C@@H]3CCN(N4CCC(O)CC4)C3=O)c(Cl)c2)cc1)N1CCC(C(F)(F)F)CC1. The molecule has 3 fully saturated rings. The fourth-order valence-electron chi connectivity index (χ4n) is 5.90. The van der Waals surface area contributed by atoms with Gasteiger partial charge in [0.05, 0.1) is 12.0 Å². The monoisotopic (exact) mass is 615 g/mol. The van der Waals surface area contributed by atoms with Gasteiger partial charge in [-0.1, -0.05) is 35.3 Å². The molecule has 41 heavy (non-hydrogen) atoms. The van der Waals surface area contributed by atoms with E-state index in [2.05, 4.69) is 0 Å². The smallest absolute Gasteiger partial charge is 0.391 e. The van der Waals surface area contributed by atoms with E-state index in [1.165, 1.54) is 4.90 Å². The molecule has 7 nitrogen and oxygen atoms in total. The summed E-state index contributed by atoms with van der Waals surface area (Å²) in [6.45, 7) is 2.13. The second-order valence-corrected chi connectivity index (χ2v) is 11.8. The zero-order valence-corrected chi connectivity index (χ0v) is 24.0. The standard InChI is InChI=1S/C29H32Cl2F3N3O3.H2O/c30-25-16-21(18-1-3-19(4-2-18)27(39)35-10-6-22(7-11-35)29(32,33)34)17-26(31)24(25)15-20-5-14-37(28(20)40)36-12-8-23(38)9-13-36;/h1-4,16-17,20,22-23,38H,5-15H2;1H2/t20-;/m0./s1. The van der Waals surface area contributed by atoms with E-state index in [9.17, 15) is 27.9 Å². The number of benzene rings is 2. The molecule has 0 saturated carbocycles. The van der Waals surface area contributed by atoms with Gasteiger partial charge in [0, 0.05) is 54.3 Å². The lowest BCUT2D eigenvalue weighted by atomic mass is 9.95. The molecular weight excluding hydrogens is 582 g/mol. The van der Waals surface area contributed by atoms with Crippen LogP contribution in [-0.2, 0) is 11.2 Å². The number of carbonyl (C=O) groups excluding carboxylic acids is 2. The lowest BCUT2D eigenvalue weighted by Gasteiger charge is -2.36. The summed E-state index contributed by atoms with van der Waals surface area (Å²) in [7, 11) is 0. The van der Waals surface area contributed by atoms with Crippen molar-refractivity contribution in [3.63, 3.8) is 0 Å². The summed E-state index contributed by atoms with van der Waals surface area (Å²) in [6, 6.07) is 10.5. The van der Waals surface area contributed by atoms with Gasteiger partial charge in [-0.2, -0.15) is 13.2 Å². The Bertz CT molecular complexity index is 1220. The molecule has 0 radical (unpaired) electrons. The lowest BCUT2D eigenvalue weighted by Crippen LogP contribution is -2.49. The number of alkyl halides is 3. The lowest BCUT2D eigenvalue weighted by molar-refractivity contribution is -0.183. The molecule has 3 aliphatic rings. The number of amides is 2. The molecule has 0 unspecified atom stereocenters. The van der Waals surface area contributed by atoms with Gasteiger partial charge in [-0.05, 0) is 79.5 Å². The summed E-state index contributed by atoms with van der Waals surface area (Å²) in [5.74, 6) is -1.81. The maximum Gasteiger partial charge on any atom is 0.391 e. The zero-order chi connectivity index (χ0) is 28.6. The second kappa shape index (κ2) is 12.9. The molecule has 3 heterocycles. The summed E-state index contributed by atoms with van der Waals surface area (Å²) in [5, 5.41) is 14.5. The third-order valence-corrected chi connectivity index (χ3v) is 9.05. The fourth-order valence-corrected chi connectivity index (χ4v) is 6.54. The molecule has 5 rings (SSSR count). The number of aliphatic hydroxyl groups is 1. The van der Waals surface area contributed by atoms with Crippen LogP contribution in [0.25, 0.3) is 11.1 Å². The molecule has 2 amide bonds. The van der Waals surface area contributed by atoms with E-state index in [4.69, 9.17) is 23.2 Å². The normalized spacial score (nSPS) is 21.3. The molecule has 0 aromatic heterocycles. The van der Waals surface area contributed by atoms with E-state index in [0.29, 0.717) is 60.9 Å². The number of aliphatic hydroxyl groups excluding tert-OH is 1. The molecule has 224 valence electrons. The van der Waals surface area contributed by atoms with E-state index < -0.39 is 12.1 Å². The molecule has 2 aromatic rings. The quantitative estimate of drug-likeness (QED) is 0.511. The Kier molecular flexibility index (Phi) is 9.91. The highest BCUT2D eigenvalue weighted by molar-refractivity contribution is 6.36. The number of halogens is 5. The fraction of sp³-hybridized carbons (Fsp3) is 0.517. The summed E-state index contributed by atoms with van der Waals surface area (Å²) >= 11 is 13.3. The van der Waals surface area contributed by atoms with Gasteiger partial charge in [-0.15, -0.1) is 0 Å². The van der Waals surface area contributed by atoms with Crippen LogP contribution in [0.2, 0.25) is 10.0 Å². The van der Waals surface area contributed by atoms with Gasteiger partial charge in [0.1, 0.15) is 0 Å². The maximum absolute atomic E-state index is 13.1. The molecule has 0 spiro atoms. The van der Waals surface area contributed by atoms with Crippen molar-refractivity contribution in [2.75, 3.05) is 32.7 Å². The highest BCUT2D eigenvalue weighted by Gasteiger charge is 2.42.